The number of nitrogens with two attached hydrogens (primary N) is 1. The van der Waals surface area contributed by atoms with Gasteiger partial charge in [0.25, 0.3) is 0 Å². The Kier molecular flexibility index (Phi) is 8.17. The lowest BCUT2D eigenvalue weighted by Gasteiger charge is -2.26. The monoisotopic (exact) mass is 281 g/mol. The standard InChI is InChI=1S/C19H39N/c1-4-5-6-7-8-9-10-11-12-13-14-19(20)16-15-18(2,3)17-19/h4-17,20H2,1-3H3. The zero-order valence-electron chi connectivity index (χ0n) is 14.5. The van der Waals surface area contributed by atoms with Crippen molar-refractivity contribution in [2.24, 2.45) is 11.1 Å². The van der Waals surface area contributed by atoms with E-state index in [1.807, 2.05) is 0 Å². The van der Waals surface area contributed by atoms with Crippen LogP contribution < -0.4 is 5.73 Å². The average Bonchev–Trinajstić information content (AvgIpc) is 2.66. The van der Waals surface area contributed by atoms with E-state index in [1.54, 1.807) is 0 Å². The maximum Gasteiger partial charge on any atom is 0.0159 e. The molecule has 0 spiro atoms. The summed E-state index contributed by atoms with van der Waals surface area (Å²) in [6.07, 6.45) is 19.3. The summed E-state index contributed by atoms with van der Waals surface area (Å²) in [6.45, 7) is 7.04. The van der Waals surface area contributed by atoms with Crippen molar-refractivity contribution < 1.29 is 0 Å². The van der Waals surface area contributed by atoms with Crippen molar-refractivity contribution in [3.05, 3.63) is 0 Å². The summed E-state index contributed by atoms with van der Waals surface area (Å²) in [5.74, 6) is 0. The van der Waals surface area contributed by atoms with Gasteiger partial charge < -0.3 is 5.73 Å². The van der Waals surface area contributed by atoms with Gasteiger partial charge in [-0.05, 0) is 31.1 Å². The Morgan fingerprint density at radius 3 is 1.70 bits per heavy atom. The number of unbranched alkanes of at least 4 members (excludes halogenated alkanes) is 9. The van der Waals surface area contributed by atoms with Crippen LogP contribution in [-0.2, 0) is 0 Å². The molecule has 0 aromatic carbocycles. The summed E-state index contributed by atoms with van der Waals surface area (Å²) in [5.41, 5.74) is 7.21. The predicted molar refractivity (Wildman–Crippen MR) is 91.0 cm³/mol. The van der Waals surface area contributed by atoms with E-state index in [9.17, 15) is 0 Å². The van der Waals surface area contributed by atoms with Gasteiger partial charge in [-0.25, -0.2) is 0 Å². The minimum absolute atomic E-state index is 0.170. The second kappa shape index (κ2) is 9.07. The summed E-state index contributed by atoms with van der Waals surface area (Å²) in [6, 6.07) is 0. The van der Waals surface area contributed by atoms with E-state index in [2.05, 4.69) is 20.8 Å². The lowest BCUT2D eigenvalue weighted by molar-refractivity contribution is 0.316. The Morgan fingerprint density at radius 2 is 1.25 bits per heavy atom. The van der Waals surface area contributed by atoms with Crippen molar-refractivity contribution in [1.82, 2.24) is 0 Å². The third kappa shape index (κ3) is 7.67. The lowest BCUT2D eigenvalue weighted by atomic mass is 9.85. The van der Waals surface area contributed by atoms with Crippen molar-refractivity contribution in [1.29, 1.82) is 0 Å². The first-order chi connectivity index (χ1) is 9.47. The molecule has 120 valence electrons. The smallest absolute Gasteiger partial charge is 0.0159 e. The van der Waals surface area contributed by atoms with Crippen LogP contribution in [0.4, 0.5) is 0 Å². The van der Waals surface area contributed by atoms with Gasteiger partial charge in [-0.2, -0.15) is 0 Å². The highest BCUT2D eigenvalue weighted by molar-refractivity contribution is 4.97. The van der Waals surface area contributed by atoms with E-state index in [-0.39, 0.29) is 5.54 Å². The molecule has 0 amide bonds. The van der Waals surface area contributed by atoms with Gasteiger partial charge in [-0.15, -0.1) is 0 Å². The molecule has 1 atom stereocenters. The first kappa shape index (κ1) is 18.0. The molecule has 1 fully saturated rings. The second-order valence-electron chi connectivity index (χ2n) is 8.14. The Hall–Kier alpha value is -0.0400. The Labute approximate surface area is 128 Å². The maximum atomic E-state index is 6.54. The summed E-state index contributed by atoms with van der Waals surface area (Å²) < 4.78 is 0. The number of hydrogen-bond acceptors (Lipinski definition) is 1. The normalized spacial score (nSPS) is 25.2. The first-order valence-electron chi connectivity index (χ1n) is 9.26. The Morgan fingerprint density at radius 1 is 0.750 bits per heavy atom. The van der Waals surface area contributed by atoms with Gasteiger partial charge in [-0.3, -0.25) is 0 Å². The van der Waals surface area contributed by atoms with Gasteiger partial charge in [0, 0.05) is 5.54 Å². The highest BCUT2D eigenvalue weighted by Crippen LogP contribution is 2.44. The second-order valence-corrected chi connectivity index (χ2v) is 8.14. The molecule has 1 heteroatoms. The van der Waals surface area contributed by atoms with Crippen molar-refractivity contribution in [3.63, 3.8) is 0 Å². The molecule has 0 radical (unpaired) electrons. The summed E-state index contributed by atoms with van der Waals surface area (Å²) in [4.78, 5) is 0. The van der Waals surface area contributed by atoms with Crippen LogP contribution in [0.25, 0.3) is 0 Å². The molecule has 1 aliphatic carbocycles. The molecule has 1 aliphatic rings. The van der Waals surface area contributed by atoms with Gasteiger partial charge in [0.2, 0.25) is 0 Å². The summed E-state index contributed by atoms with van der Waals surface area (Å²) in [7, 11) is 0. The van der Waals surface area contributed by atoms with Crippen molar-refractivity contribution in [2.75, 3.05) is 0 Å². The van der Waals surface area contributed by atoms with Crippen LogP contribution in [0.15, 0.2) is 0 Å². The van der Waals surface area contributed by atoms with E-state index in [0.29, 0.717) is 5.41 Å². The van der Waals surface area contributed by atoms with Crippen LogP contribution in [0.2, 0.25) is 0 Å². The average molecular weight is 282 g/mol. The van der Waals surface area contributed by atoms with E-state index in [0.717, 1.165) is 0 Å². The van der Waals surface area contributed by atoms with Crippen molar-refractivity contribution in [2.45, 2.75) is 116 Å². The summed E-state index contributed by atoms with van der Waals surface area (Å²) >= 11 is 0. The first-order valence-corrected chi connectivity index (χ1v) is 9.26. The highest BCUT2D eigenvalue weighted by atomic mass is 14.8. The van der Waals surface area contributed by atoms with E-state index >= 15 is 0 Å². The van der Waals surface area contributed by atoms with Crippen LogP contribution >= 0.6 is 0 Å². The molecular formula is C19H39N. The van der Waals surface area contributed by atoms with Crippen LogP contribution in [0.3, 0.4) is 0 Å². The minimum Gasteiger partial charge on any atom is -0.325 e. The van der Waals surface area contributed by atoms with Gasteiger partial charge in [0.15, 0.2) is 0 Å². The zero-order valence-corrected chi connectivity index (χ0v) is 14.5. The van der Waals surface area contributed by atoms with Gasteiger partial charge in [0.05, 0.1) is 0 Å². The molecule has 0 saturated heterocycles. The number of rotatable bonds is 11. The van der Waals surface area contributed by atoms with Crippen molar-refractivity contribution in [3.8, 4) is 0 Å². The molecule has 1 saturated carbocycles. The van der Waals surface area contributed by atoms with Gasteiger partial charge in [-0.1, -0.05) is 85.0 Å². The predicted octanol–water partition coefficient (Wildman–Crippen LogP) is 6.21. The fourth-order valence-electron chi connectivity index (χ4n) is 3.90. The Bertz CT molecular complexity index is 246. The third-order valence-corrected chi connectivity index (χ3v) is 5.16. The van der Waals surface area contributed by atoms with Crippen LogP contribution in [0.1, 0.15) is 111 Å². The molecule has 1 unspecified atom stereocenters. The molecule has 2 N–H and O–H groups in total. The number of hydrogen-bond donors (Lipinski definition) is 1. The maximum absolute atomic E-state index is 6.54. The van der Waals surface area contributed by atoms with Gasteiger partial charge >= 0.3 is 0 Å². The molecule has 0 aromatic rings. The molecular weight excluding hydrogens is 242 g/mol. The van der Waals surface area contributed by atoms with E-state index < -0.39 is 0 Å². The van der Waals surface area contributed by atoms with Crippen molar-refractivity contribution >= 4 is 0 Å². The van der Waals surface area contributed by atoms with E-state index in [1.165, 1.54) is 89.9 Å². The van der Waals surface area contributed by atoms with Crippen LogP contribution in [0, 0.1) is 5.41 Å². The van der Waals surface area contributed by atoms with E-state index in [4.69, 9.17) is 5.73 Å². The fraction of sp³-hybridized carbons (Fsp3) is 1.00. The van der Waals surface area contributed by atoms with Crippen LogP contribution in [-0.4, -0.2) is 5.54 Å². The van der Waals surface area contributed by atoms with Gasteiger partial charge in [0.1, 0.15) is 0 Å². The molecule has 0 aromatic heterocycles. The molecule has 1 rings (SSSR count). The molecule has 0 bridgehead atoms. The quantitative estimate of drug-likeness (QED) is 0.448. The Balaban J connectivity index is 1.90. The zero-order chi connectivity index (χ0) is 14.9. The minimum atomic E-state index is 0.170. The molecule has 1 nitrogen and oxygen atoms in total. The van der Waals surface area contributed by atoms with Crippen LogP contribution in [0.5, 0.6) is 0 Å². The largest absolute Gasteiger partial charge is 0.325 e. The third-order valence-electron chi connectivity index (χ3n) is 5.16. The molecule has 0 heterocycles. The fourth-order valence-corrected chi connectivity index (χ4v) is 3.90. The lowest BCUT2D eigenvalue weighted by Crippen LogP contribution is -2.37. The topological polar surface area (TPSA) is 26.0 Å². The molecule has 0 aliphatic heterocycles. The highest BCUT2D eigenvalue weighted by Gasteiger charge is 2.39. The molecule has 20 heavy (non-hydrogen) atoms. The SMILES string of the molecule is CCCCCCCCCCCCC1(N)CCC(C)(C)C1. The summed E-state index contributed by atoms with van der Waals surface area (Å²) in [5, 5.41) is 0.